The Morgan fingerprint density at radius 3 is 2.25 bits per heavy atom. The van der Waals surface area contributed by atoms with E-state index in [1.807, 2.05) is 6.92 Å². The molecular weight excluding hydrogens is 368 g/mol. The van der Waals surface area contributed by atoms with Gasteiger partial charge in [-0.15, -0.1) is 0 Å². The van der Waals surface area contributed by atoms with Crippen LogP contribution in [0.25, 0.3) is 0 Å². The maximum absolute atomic E-state index is 14.0. The fourth-order valence-electron chi connectivity index (χ4n) is 2.40. The summed E-state index contributed by atoms with van der Waals surface area (Å²) in [4.78, 5) is 23.6. The third-order valence-corrected chi connectivity index (χ3v) is 4.09. The van der Waals surface area contributed by atoms with Crippen molar-refractivity contribution in [3.05, 3.63) is 59.7 Å². The summed E-state index contributed by atoms with van der Waals surface area (Å²) in [6.07, 6.45) is -0.343. The second-order valence-electron chi connectivity index (χ2n) is 6.35. The van der Waals surface area contributed by atoms with Gasteiger partial charge in [-0.05, 0) is 56.2 Å². The zero-order valence-electron chi connectivity index (χ0n) is 15.8. The van der Waals surface area contributed by atoms with Gasteiger partial charge in [0, 0.05) is 12.1 Å². The number of rotatable bonds is 9. The number of aryl methyl sites for hydroxylation is 1. The smallest absolute Gasteiger partial charge is 0.338 e. The minimum atomic E-state index is -3.51. The van der Waals surface area contributed by atoms with Crippen molar-refractivity contribution in [1.29, 1.82) is 0 Å². The van der Waals surface area contributed by atoms with Gasteiger partial charge >= 0.3 is 11.9 Å². The topological polar surface area (TPSA) is 64.6 Å². The highest BCUT2D eigenvalue weighted by atomic mass is 19.3. The van der Waals surface area contributed by atoms with Crippen LogP contribution < -0.4 is 10.1 Å². The summed E-state index contributed by atoms with van der Waals surface area (Å²) in [6, 6.07) is 13.0. The third kappa shape index (κ3) is 6.33. The SMILES string of the molecule is COc1ccc(NC(=O)C(F)(F)CCCCOC(=O)c2ccc(C)cc2)cc1. The average molecular weight is 391 g/mol. The number of halogens is 2. The number of carbonyl (C=O) groups is 2. The minimum absolute atomic E-state index is 0.0168. The highest BCUT2D eigenvalue weighted by molar-refractivity contribution is 5.96. The lowest BCUT2D eigenvalue weighted by Crippen LogP contribution is -2.34. The number of hydrogen-bond donors (Lipinski definition) is 1. The maximum atomic E-state index is 14.0. The molecule has 0 bridgehead atoms. The number of carbonyl (C=O) groups excluding carboxylic acids is 2. The molecule has 2 aromatic carbocycles. The Morgan fingerprint density at radius 2 is 1.64 bits per heavy atom. The van der Waals surface area contributed by atoms with Crippen molar-refractivity contribution in [2.75, 3.05) is 19.0 Å². The number of methoxy groups -OCH3 is 1. The molecule has 0 saturated carbocycles. The fourth-order valence-corrected chi connectivity index (χ4v) is 2.40. The Balaban J connectivity index is 1.72. The highest BCUT2D eigenvalue weighted by Gasteiger charge is 2.37. The Kier molecular flexibility index (Phi) is 7.49. The van der Waals surface area contributed by atoms with Gasteiger partial charge in [-0.1, -0.05) is 17.7 Å². The van der Waals surface area contributed by atoms with Crippen LogP contribution in [0.2, 0.25) is 0 Å². The van der Waals surface area contributed by atoms with Crippen molar-refractivity contribution in [1.82, 2.24) is 0 Å². The summed E-state index contributed by atoms with van der Waals surface area (Å²) in [7, 11) is 1.49. The monoisotopic (exact) mass is 391 g/mol. The van der Waals surface area contributed by atoms with Crippen LogP contribution in [-0.4, -0.2) is 31.5 Å². The number of amides is 1. The first-order valence-corrected chi connectivity index (χ1v) is 8.89. The molecule has 28 heavy (non-hydrogen) atoms. The van der Waals surface area contributed by atoms with Crippen molar-refractivity contribution < 1.29 is 27.8 Å². The zero-order chi connectivity index (χ0) is 20.6. The van der Waals surface area contributed by atoms with E-state index < -0.39 is 24.2 Å². The van der Waals surface area contributed by atoms with Crippen molar-refractivity contribution in [3.63, 3.8) is 0 Å². The molecule has 0 saturated heterocycles. The van der Waals surface area contributed by atoms with E-state index in [0.717, 1.165) is 5.56 Å². The lowest BCUT2D eigenvalue weighted by atomic mass is 10.1. The van der Waals surface area contributed by atoms with Crippen LogP contribution in [0, 0.1) is 6.92 Å². The van der Waals surface area contributed by atoms with Crippen LogP contribution >= 0.6 is 0 Å². The third-order valence-electron chi connectivity index (χ3n) is 4.09. The summed E-state index contributed by atoms with van der Waals surface area (Å²) in [5.74, 6) is -4.82. The molecule has 0 atom stereocenters. The second-order valence-corrected chi connectivity index (χ2v) is 6.35. The Labute approximate surface area is 162 Å². The molecular formula is C21H23F2NO4. The van der Waals surface area contributed by atoms with Crippen molar-refractivity contribution in [2.45, 2.75) is 32.1 Å². The van der Waals surface area contributed by atoms with Crippen LogP contribution in [0.1, 0.15) is 35.2 Å². The summed E-state index contributed by atoms with van der Waals surface area (Å²) >= 11 is 0. The normalized spacial score (nSPS) is 11.0. The van der Waals surface area contributed by atoms with Crippen LogP contribution in [0.4, 0.5) is 14.5 Å². The van der Waals surface area contributed by atoms with Crippen LogP contribution in [-0.2, 0) is 9.53 Å². The summed E-state index contributed by atoms with van der Waals surface area (Å²) in [5, 5.41) is 2.19. The molecule has 5 nitrogen and oxygen atoms in total. The van der Waals surface area contributed by atoms with E-state index in [1.165, 1.54) is 19.2 Å². The number of unbranched alkanes of at least 4 members (excludes halogenated alkanes) is 1. The van der Waals surface area contributed by atoms with Gasteiger partial charge in [0.25, 0.3) is 5.91 Å². The summed E-state index contributed by atoms with van der Waals surface area (Å²) in [5.41, 5.74) is 1.69. The molecule has 1 amide bonds. The molecule has 0 aliphatic rings. The van der Waals surface area contributed by atoms with E-state index in [2.05, 4.69) is 5.32 Å². The van der Waals surface area contributed by atoms with Gasteiger partial charge in [-0.3, -0.25) is 4.79 Å². The first-order chi connectivity index (χ1) is 13.3. The number of anilines is 1. The van der Waals surface area contributed by atoms with Gasteiger partial charge in [0.05, 0.1) is 19.3 Å². The van der Waals surface area contributed by atoms with E-state index >= 15 is 0 Å². The van der Waals surface area contributed by atoms with E-state index in [1.54, 1.807) is 36.4 Å². The molecule has 2 aromatic rings. The van der Waals surface area contributed by atoms with Gasteiger partial charge in [0.1, 0.15) is 5.75 Å². The Hall–Kier alpha value is -2.96. The molecule has 0 fully saturated rings. The standard InChI is InChI=1S/C21H23F2NO4/c1-15-5-7-16(8-6-15)19(25)28-14-4-3-13-21(22,23)20(26)24-17-9-11-18(27-2)12-10-17/h5-12H,3-4,13-14H2,1-2H3,(H,24,26). The van der Waals surface area contributed by atoms with Gasteiger partial charge in [-0.25, -0.2) is 4.79 Å². The lowest BCUT2D eigenvalue weighted by Gasteiger charge is -2.16. The summed E-state index contributed by atoms with van der Waals surface area (Å²) < 4.78 is 38.0. The predicted octanol–water partition coefficient (Wildman–Crippen LogP) is 4.60. The quantitative estimate of drug-likeness (QED) is 0.501. The molecule has 1 N–H and O–H groups in total. The minimum Gasteiger partial charge on any atom is -0.497 e. The largest absolute Gasteiger partial charge is 0.497 e. The van der Waals surface area contributed by atoms with Gasteiger partial charge in [0.15, 0.2) is 0 Å². The molecule has 2 rings (SSSR count). The second kappa shape index (κ2) is 9.82. The zero-order valence-corrected chi connectivity index (χ0v) is 15.8. The number of benzene rings is 2. The molecule has 0 unspecified atom stereocenters. The first kappa shape index (κ1) is 21.3. The van der Waals surface area contributed by atoms with Gasteiger partial charge in [-0.2, -0.15) is 8.78 Å². The maximum Gasteiger partial charge on any atom is 0.338 e. The van der Waals surface area contributed by atoms with Crippen molar-refractivity contribution >= 4 is 17.6 Å². The number of hydrogen-bond acceptors (Lipinski definition) is 4. The number of nitrogens with one attached hydrogen (secondary N) is 1. The van der Waals surface area contributed by atoms with Gasteiger partial charge in [0.2, 0.25) is 0 Å². The Morgan fingerprint density at radius 1 is 1.00 bits per heavy atom. The number of esters is 1. The average Bonchev–Trinajstić information content (AvgIpc) is 2.68. The molecule has 0 aromatic heterocycles. The van der Waals surface area contributed by atoms with Crippen LogP contribution in [0.15, 0.2) is 48.5 Å². The first-order valence-electron chi connectivity index (χ1n) is 8.89. The van der Waals surface area contributed by atoms with E-state index in [0.29, 0.717) is 11.3 Å². The van der Waals surface area contributed by atoms with E-state index in [-0.39, 0.29) is 25.1 Å². The van der Waals surface area contributed by atoms with Crippen LogP contribution in [0.5, 0.6) is 5.75 Å². The lowest BCUT2D eigenvalue weighted by molar-refractivity contribution is -0.140. The molecule has 0 spiro atoms. The highest BCUT2D eigenvalue weighted by Crippen LogP contribution is 2.24. The molecule has 150 valence electrons. The molecule has 0 radical (unpaired) electrons. The summed E-state index contributed by atoms with van der Waals surface area (Å²) in [6.45, 7) is 1.92. The molecule has 7 heteroatoms. The van der Waals surface area contributed by atoms with Gasteiger partial charge < -0.3 is 14.8 Å². The molecule has 0 aliphatic carbocycles. The molecule has 0 aliphatic heterocycles. The van der Waals surface area contributed by atoms with E-state index in [9.17, 15) is 18.4 Å². The van der Waals surface area contributed by atoms with E-state index in [4.69, 9.17) is 9.47 Å². The molecule has 0 heterocycles. The predicted molar refractivity (Wildman–Crippen MR) is 102 cm³/mol. The number of alkyl halides is 2. The van der Waals surface area contributed by atoms with Crippen LogP contribution in [0.3, 0.4) is 0 Å². The Bertz CT molecular complexity index is 789. The van der Waals surface area contributed by atoms with Crippen molar-refractivity contribution in [3.8, 4) is 5.75 Å². The fraction of sp³-hybridized carbons (Fsp3) is 0.333. The van der Waals surface area contributed by atoms with Crippen molar-refractivity contribution in [2.24, 2.45) is 0 Å². The number of ether oxygens (including phenoxy) is 2.